The van der Waals surface area contributed by atoms with E-state index in [1.54, 1.807) is 54.6 Å². The van der Waals surface area contributed by atoms with Gasteiger partial charge in [0, 0.05) is 25.2 Å². The monoisotopic (exact) mass is 640 g/mol. The second-order valence-electron chi connectivity index (χ2n) is 11.4. The van der Waals surface area contributed by atoms with Crippen LogP contribution in [0.25, 0.3) is 0 Å². The molecular weight excluding hydrogens is 604 g/mol. The summed E-state index contributed by atoms with van der Waals surface area (Å²) in [6.45, 7) is -0.620. The van der Waals surface area contributed by atoms with Crippen LogP contribution in [0.1, 0.15) is 22.6 Å². The topological polar surface area (TPSA) is 183 Å². The van der Waals surface area contributed by atoms with Crippen LogP contribution in [0.5, 0.6) is 23.0 Å². The maximum atomic E-state index is 12.9. The van der Waals surface area contributed by atoms with Crippen molar-refractivity contribution in [3.8, 4) is 23.0 Å². The summed E-state index contributed by atoms with van der Waals surface area (Å²) in [4.78, 5) is 12.9. The molecule has 1 saturated carbocycles. The van der Waals surface area contributed by atoms with E-state index >= 15 is 0 Å². The van der Waals surface area contributed by atoms with Crippen molar-refractivity contribution >= 4 is 5.97 Å². The standard InChI is InChI=1S/C33H36O13/c1-40-19-11-9-18(10-12-19)33-26(17-7-5-4-6-8-17)25(29(37)38)28(36)32(33,39)27-22(41-2)13-20(14-23(27)46-33)44-31-30(42-3)43-16-24(45-31)21(35)15-34/h4-14,21,24-26,28,30-31,34-36,39H,15-16H2,1-3H3,(H,37,38)/t21-,24-,25-,26-,28-,30-,31-,32+,33+/m1/s1. The molecule has 6 rings (SSSR count). The van der Waals surface area contributed by atoms with Crippen molar-refractivity contribution in [2.75, 3.05) is 34.5 Å². The Morgan fingerprint density at radius 3 is 2.33 bits per heavy atom. The van der Waals surface area contributed by atoms with E-state index in [1.165, 1.54) is 33.5 Å². The molecule has 3 aliphatic rings. The van der Waals surface area contributed by atoms with E-state index in [2.05, 4.69) is 0 Å². The molecule has 0 aromatic heterocycles. The van der Waals surface area contributed by atoms with Crippen molar-refractivity contribution in [3.63, 3.8) is 0 Å². The lowest BCUT2D eigenvalue weighted by Gasteiger charge is -2.40. The van der Waals surface area contributed by atoms with Crippen molar-refractivity contribution in [3.05, 3.63) is 83.4 Å². The first-order chi connectivity index (χ1) is 22.1. The minimum Gasteiger partial charge on any atom is -0.497 e. The zero-order valence-electron chi connectivity index (χ0n) is 25.3. The second kappa shape index (κ2) is 12.3. The Kier molecular flexibility index (Phi) is 8.59. The van der Waals surface area contributed by atoms with Gasteiger partial charge in [0.25, 0.3) is 6.29 Å². The summed E-state index contributed by atoms with van der Waals surface area (Å²) in [5.41, 5.74) is -3.26. The fraction of sp³-hybridized carbons (Fsp3) is 0.424. The fourth-order valence-electron chi connectivity index (χ4n) is 6.99. The van der Waals surface area contributed by atoms with Gasteiger partial charge in [0.1, 0.15) is 41.3 Å². The van der Waals surface area contributed by atoms with Crippen LogP contribution >= 0.6 is 0 Å². The zero-order valence-corrected chi connectivity index (χ0v) is 25.3. The first kappa shape index (κ1) is 32.0. The van der Waals surface area contributed by atoms with Crippen LogP contribution in [0.15, 0.2) is 66.7 Å². The van der Waals surface area contributed by atoms with E-state index in [0.717, 1.165) is 0 Å². The molecule has 3 aromatic carbocycles. The lowest BCUT2D eigenvalue weighted by Crippen LogP contribution is -2.52. The molecule has 0 bridgehead atoms. The van der Waals surface area contributed by atoms with Crippen molar-refractivity contribution in [1.82, 2.24) is 0 Å². The van der Waals surface area contributed by atoms with Gasteiger partial charge >= 0.3 is 5.97 Å². The summed E-state index contributed by atoms with van der Waals surface area (Å²) in [6, 6.07) is 18.3. The predicted molar refractivity (Wildman–Crippen MR) is 158 cm³/mol. The molecule has 1 saturated heterocycles. The third-order valence-corrected chi connectivity index (χ3v) is 9.06. The highest BCUT2D eigenvalue weighted by Crippen LogP contribution is 2.70. The minimum absolute atomic E-state index is 0.0352. The van der Waals surface area contributed by atoms with Crippen molar-refractivity contribution in [2.24, 2.45) is 5.92 Å². The molecule has 2 fully saturated rings. The average Bonchev–Trinajstić information content (AvgIpc) is 3.46. The van der Waals surface area contributed by atoms with Gasteiger partial charge in [-0.25, -0.2) is 0 Å². The number of aliphatic hydroxyl groups is 4. The number of fused-ring (bicyclic) bond motifs is 3. The van der Waals surface area contributed by atoms with Crippen molar-refractivity contribution in [1.29, 1.82) is 0 Å². The molecule has 0 amide bonds. The highest BCUT2D eigenvalue weighted by Gasteiger charge is 2.78. The van der Waals surface area contributed by atoms with E-state index in [0.29, 0.717) is 16.9 Å². The van der Waals surface area contributed by atoms with E-state index in [9.17, 15) is 30.3 Å². The molecule has 0 unspecified atom stereocenters. The molecule has 9 atom stereocenters. The molecule has 0 spiro atoms. The summed E-state index contributed by atoms with van der Waals surface area (Å²) >= 11 is 0. The number of aliphatic carboxylic acids is 1. The summed E-state index contributed by atoms with van der Waals surface area (Å²) in [7, 11) is 4.25. The number of hydrogen-bond acceptors (Lipinski definition) is 12. The number of hydrogen-bond donors (Lipinski definition) is 5. The molecule has 13 nitrogen and oxygen atoms in total. The second-order valence-corrected chi connectivity index (χ2v) is 11.4. The van der Waals surface area contributed by atoms with Crippen molar-refractivity contribution < 1.29 is 63.5 Å². The number of methoxy groups -OCH3 is 3. The average molecular weight is 641 g/mol. The molecule has 3 aromatic rings. The molecule has 1 aliphatic carbocycles. The van der Waals surface area contributed by atoms with Gasteiger partial charge in [-0.3, -0.25) is 4.79 Å². The van der Waals surface area contributed by atoms with Gasteiger partial charge in [-0.15, -0.1) is 0 Å². The Balaban J connectivity index is 1.52. The van der Waals surface area contributed by atoms with E-state index < -0.39 is 66.5 Å². The van der Waals surface area contributed by atoms with Gasteiger partial charge in [-0.2, -0.15) is 0 Å². The molecule has 5 N–H and O–H groups in total. The number of carboxylic acids is 1. The third-order valence-electron chi connectivity index (χ3n) is 9.06. The summed E-state index contributed by atoms with van der Waals surface area (Å²) < 4.78 is 40.7. The Labute approximate surface area is 264 Å². The number of ether oxygens (including phenoxy) is 7. The quantitative estimate of drug-likeness (QED) is 0.215. The van der Waals surface area contributed by atoms with Gasteiger partial charge in [0.2, 0.25) is 6.29 Å². The van der Waals surface area contributed by atoms with E-state index in [-0.39, 0.29) is 29.4 Å². The summed E-state index contributed by atoms with van der Waals surface area (Å²) in [5.74, 6) is -3.15. The Bertz CT molecular complexity index is 1550. The molecule has 2 heterocycles. The molecule has 2 aliphatic heterocycles. The maximum Gasteiger partial charge on any atom is 0.310 e. The van der Waals surface area contributed by atoms with Crippen LogP contribution in [0.3, 0.4) is 0 Å². The highest BCUT2D eigenvalue weighted by atomic mass is 16.8. The number of carboxylic acid groups (broad SMARTS) is 1. The van der Waals surface area contributed by atoms with Gasteiger partial charge in [0.05, 0.1) is 38.9 Å². The Morgan fingerprint density at radius 2 is 1.72 bits per heavy atom. The third kappa shape index (κ3) is 4.78. The number of carbonyl (C=O) groups is 1. The van der Waals surface area contributed by atoms with Crippen LogP contribution in [-0.2, 0) is 30.2 Å². The van der Waals surface area contributed by atoms with Crippen molar-refractivity contribution in [2.45, 2.75) is 48.0 Å². The first-order valence-corrected chi connectivity index (χ1v) is 14.6. The Morgan fingerprint density at radius 1 is 1.00 bits per heavy atom. The van der Waals surface area contributed by atoms with E-state index in [1.807, 2.05) is 0 Å². The molecular formula is C33H36O13. The number of benzene rings is 3. The lowest BCUT2D eigenvalue weighted by atomic mass is 9.70. The lowest BCUT2D eigenvalue weighted by molar-refractivity contribution is -0.324. The first-order valence-electron chi connectivity index (χ1n) is 14.6. The largest absolute Gasteiger partial charge is 0.497 e. The van der Waals surface area contributed by atoms with Crippen LogP contribution in [-0.4, -0.2) is 96.9 Å². The zero-order chi connectivity index (χ0) is 32.8. The van der Waals surface area contributed by atoms with Gasteiger partial charge < -0.3 is 58.7 Å². The summed E-state index contributed by atoms with van der Waals surface area (Å²) in [5, 5.41) is 54.8. The SMILES string of the molecule is COc1ccc([C@@]23Oc4cc(O[C@@H]5O[C@@H]([C@H](O)CO)CO[C@H]5OC)cc(OC)c4[C@]2(O)[C@H](O)[C@H](C(=O)O)[C@H]3c2ccccc2)cc1. The maximum absolute atomic E-state index is 12.9. The number of rotatable bonds is 10. The van der Waals surface area contributed by atoms with Gasteiger partial charge in [0.15, 0.2) is 11.2 Å². The summed E-state index contributed by atoms with van der Waals surface area (Å²) in [6.07, 6.45) is -6.21. The van der Waals surface area contributed by atoms with E-state index in [4.69, 9.17) is 33.2 Å². The fourth-order valence-corrected chi connectivity index (χ4v) is 6.99. The number of aliphatic hydroxyl groups excluding tert-OH is 3. The van der Waals surface area contributed by atoms with Crippen LogP contribution in [0, 0.1) is 5.92 Å². The smallest absolute Gasteiger partial charge is 0.310 e. The Hall–Kier alpha value is -3.95. The molecule has 46 heavy (non-hydrogen) atoms. The molecule has 0 radical (unpaired) electrons. The van der Waals surface area contributed by atoms with Crippen LogP contribution < -0.4 is 18.9 Å². The normalized spacial score (nSPS) is 32.2. The van der Waals surface area contributed by atoms with Crippen LogP contribution in [0.2, 0.25) is 0 Å². The highest BCUT2D eigenvalue weighted by molar-refractivity contribution is 5.77. The van der Waals surface area contributed by atoms with Gasteiger partial charge in [-0.1, -0.05) is 42.5 Å². The minimum atomic E-state index is -2.33. The van der Waals surface area contributed by atoms with Crippen LogP contribution in [0.4, 0.5) is 0 Å². The predicted octanol–water partition coefficient (Wildman–Crippen LogP) is 1.48. The van der Waals surface area contributed by atoms with Gasteiger partial charge in [-0.05, 0) is 23.3 Å². The molecule has 246 valence electrons. The molecule has 13 heteroatoms.